The second kappa shape index (κ2) is 5.91. The number of rotatable bonds is 4. The van der Waals surface area contributed by atoms with Crippen molar-refractivity contribution in [1.82, 2.24) is 9.21 Å². The Labute approximate surface area is 123 Å². The van der Waals surface area contributed by atoms with Crippen molar-refractivity contribution in [3.05, 3.63) is 0 Å². The maximum atomic E-state index is 11.6. The first-order valence-corrected chi connectivity index (χ1v) is 9.32. The van der Waals surface area contributed by atoms with Crippen molar-refractivity contribution < 1.29 is 13.2 Å². The molecule has 0 aromatic rings. The second-order valence-electron chi connectivity index (χ2n) is 6.74. The highest BCUT2D eigenvalue weighted by atomic mass is 32.2. The molecule has 0 unspecified atom stereocenters. The molecule has 2 heterocycles. The standard InChI is InChI=1S/C14H28N2O3S/c1-12(2)16-11-14(9-13(16)10-19-3)5-7-15(8-6-14)20(4,17)18/h12-13H,5-11H2,1-4H3/t13-/m1/s1. The van der Waals surface area contributed by atoms with Gasteiger partial charge in [-0.3, -0.25) is 4.90 Å². The first-order valence-electron chi connectivity index (χ1n) is 7.47. The molecule has 0 bridgehead atoms. The van der Waals surface area contributed by atoms with Crippen molar-refractivity contribution >= 4 is 10.0 Å². The topological polar surface area (TPSA) is 49.9 Å². The van der Waals surface area contributed by atoms with Crippen LogP contribution in [0.5, 0.6) is 0 Å². The third kappa shape index (κ3) is 3.35. The Morgan fingerprint density at radius 2 is 1.90 bits per heavy atom. The fraction of sp³-hybridized carbons (Fsp3) is 1.00. The summed E-state index contributed by atoms with van der Waals surface area (Å²) >= 11 is 0. The zero-order valence-corrected chi connectivity index (χ0v) is 13.9. The van der Waals surface area contributed by atoms with Crippen molar-refractivity contribution in [2.45, 2.75) is 45.2 Å². The number of nitrogens with zero attached hydrogens (tertiary/aromatic N) is 2. The van der Waals surface area contributed by atoms with Gasteiger partial charge in [-0.15, -0.1) is 0 Å². The number of ether oxygens (including phenoxy) is 1. The lowest BCUT2D eigenvalue weighted by molar-refractivity contribution is 0.0969. The molecule has 1 atom stereocenters. The van der Waals surface area contributed by atoms with Crippen LogP contribution in [0.15, 0.2) is 0 Å². The monoisotopic (exact) mass is 304 g/mol. The van der Waals surface area contributed by atoms with Gasteiger partial charge in [-0.2, -0.15) is 0 Å². The van der Waals surface area contributed by atoms with Crippen LogP contribution in [0.3, 0.4) is 0 Å². The molecule has 0 N–H and O–H groups in total. The molecule has 2 aliphatic heterocycles. The normalized spacial score (nSPS) is 28.6. The molecule has 0 aromatic carbocycles. The molecule has 20 heavy (non-hydrogen) atoms. The summed E-state index contributed by atoms with van der Waals surface area (Å²) in [6.45, 7) is 7.65. The smallest absolute Gasteiger partial charge is 0.211 e. The number of hydrogen-bond acceptors (Lipinski definition) is 4. The Morgan fingerprint density at radius 1 is 1.30 bits per heavy atom. The summed E-state index contributed by atoms with van der Waals surface area (Å²) in [5, 5.41) is 0. The van der Waals surface area contributed by atoms with Crippen molar-refractivity contribution in [2.24, 2.45) is 5.41 Å². The van der Waals surface area contributed by atoms with E-state index in [1.165, 1.54) is 6.26 Å². The van der Waals surface area contributed by atoms with Crippen LogP contribution in [-0.4, -0.2) is 69.3 Å². The van der Waals surface area contributed by atoms with Crippen LogP contribution < -0.4 is 0 Å². The van der Waals surface area contributed by atoms with Crippen molar-refractivity contribution in [3.63, 3.8) is 0 Å². The van der Waals surface area contributed by atoms with E-state index in [0.717, 1.165) is 32.4 Å². The van der Waals surface area contributed by atoms with Crippen LogP contribution in [0.4, 0.5) is 0 Å². The summed E-state index contributed by atoms with van der Waals surface area (Å²) in [5.74, 6) is 0. The van der Waals surface area contributed by atoms with Gasteiger partial charge in [0, 0.05) is 38.8 Å². The highest BCUT2D eigenvalue weighted by Crippen LogP contribution is 2.44. The van der Waals surface area contributed by atoms with E-state index in [4.69, 9.17) is 4.74 Å². The lowest BCUT2D eigenvalue weighted by Gasteiger charge is -2.38. The number of sulfonamides is 1. The van der Waals surface area contributed by atoms with Gasteiger partial charge in [-0.1, -0.05) is 0 Å². The van der Waals surface area contributed by atoms with E-state index >= 15 is 0 Å². The molecule has 0 amide bonds. The van der Waals surface area contributed by atoms with Crippen LogP contribution in [0.1, 0.15) is 33.1 Å². The molecular formula is C14H28N2O3S. The minimum Gasteiger partial charge on any atom is -0.383 e. The third-order valence-electron chi connectivity index (χ3n) is 4.93. The van der Waals surface area contributed by atoms with Gasteiger partial charge in [0.2, 0.25) is 10.0 Å². The van der Waals surface area contributed by atoms with Crippen LogP contribution in [0.2, 0.25) is 0 Å². The number of likely N-dealkylation sites (tertiary alicyclic amines) is 1. The average Bonchev–Trinajstić information content (AvgIpc) is 2.68. The van der Waals surface area contributed by atoms with Crippen LogP contribution in [0, 0.1) is 5.41 Å². The molecule has 0 radical (unpaired) electrons. The predicted molar refractivity (Wildman–Crippen MR) is 80.2 cm³/mol. The molecule has 0 aliphatic carbocycles. The molecule has 5 nitrogen and oxygen atoms in total. The maximum Gasteiger partial charge on any atom is 0.211 e. The first-order chi connectivity index (χ1) is 9.27. The number of piperidine rings is 1. The summed E-state index contributed by atoms with van der Waals surface area (Å²) in [6, 6.07) is 0.993. The van der Waals surface area contributed by atoms with Gasteiger partial charge in [-0.05, 0) is 38.5 Å². The van der Waals surface area contributed by atoms with Gasteiger partial charge in [0.15, 0.2) is 0 Å². The zero-order chi connectivity index (χ0) is 15.0. The maximum absolute atomic E-state index is 11.6. The van der Waals surface area contributed by atoms with E-state index in [1.54, 1.807) is 11.4 Å². The van der Waals surface area contributed by atoms with Gasteiger partial charge in [-0.25, -0.2) is 12.7 Å². The van der Waals surface area contributed by atoms with Gasteiger partial charge in [0.1, 0.15) is 0 Å². The zero-order valence-electron chi connectivity index (χ0n) is 13.1. The fourth-order valence-electron chi connectivity index (χ4n) is 3.80. The third-order valence-corrected chi connectivity index (χ3v) is 6.23. The molecule has 2 fully saturated rings. The largest absolute Gasteiger partial charge is 0.383 e. The molecular weight excluding hydrogens is 276 g/mol. The SMILES string of the molecule is COC[C@H]1CC2(CCN(S(C)(=O)=O)CC2)CN1C(C)C. The molecule has 2 saturated heterocycles. The lowest BCUT2D eigenvalue weighted by atomic mass is 9.77. The predicted octanol–water partition coefficient (Wildman–Crippen LogP) is 1.16. The minimum absolute atomic E-state index is 0.286. The van der Waals surface area contributed by atoms with Crippen molar-refractivity contribution in [1.29, 1.82) is 0 Å². The van der Waals surface area contributed by atoms with E-state index in [9.17, 15) is 8.42 Å². The van der Waals surface area contributed by atoms with E-state index in [0.29, 0.717) is 25.2 Å². The number of methoxy groups -OCH3 is 1. The van der Waals surface area contributed by atoms with Crippen molar-refractivity contribution in [2.75, 3.05) is 39.6 Å². The minimum atomic E-state index is -3.03. The molecule has 2 aliphatic rings. The van der Waals surface area contributed by atoms with E-state index in [1.807, 2.05) is 0 Å². The average molecular weight is 304 g/mol. The van der Waals surface area contributed by atoms with E-state index < -0.39 is 10.0 Å². The van der Waals surface area contributed by atoms with Crippen LogP contribution in [-0.2, 0) is 14.8 Å². The van der Waals surface area contributed by atoms with Crippen LogP contribution in [0.25, 0.3) is 0 Å². The Hall–Kier alpha value is -0.170. The molecule has 0 aromatic heterocycles. The van der Waals surface area contributed by atoms with Crippen molar-refractivity contribution in [3.8, 4) is 0 Å². The lowest BCUT2D eigenvalue weighted by Crippen LogP contribution is -2.44. The molecule has 6 heteroatoms. The van der Waals surface area contributed by atoms with Gasteiger partial charge >= 0.3 is 0 Å². The van der Waals surface area contributed by atoms with Gasteiger partial charge in [0.05, 0.1) is 12.9 Å². The van der Waals surface area contributed by atoms with Gasteiger partial charge in [0.25, 0.3) is 0 Å². The van der Waals surface area contributed by atoms with E-state index in [-0.39, 0.29) is 5.41 Å². The highest BCUT2D eigenvalue weighted by molar-refractivity contribution is 7.88. The quantitative estimate of drug-likeness (QED) is 0.782. The van der Waals surface area contributed by atoms with Gasteiger partial charge < -0.3 is 4.74 Å². The fourth-order valence-corrected chi connectivity index (χ4v) is 4.65. The Morgan fingerprint density at radius 3 is 2.35 bits per heavy atom. The molecule has 1 spiro atoms. The van der Waals surface area contributed by atoms with Crippen LogP contribution >= 0.6 is 0 Å². The Kier molecular flexibility index (Phi) is 4.79. The number of hydrogen-bond donors (Lipinski definition) is 0. The molecule has 0 saturated carbocycles. The van der Waals surface area contributed by atoms with E-state index in [2.05, 4.69) is 18.7 Å². The molecule has 118 valence electrons. The summed E-state index contributed by atoms with van der Waals surface area (Å²) in [4.78, 5) is 2.53. The highest BCUT2D eigenvalue weighted by Gasteiger charge is 2.46. The molecule has 2 rings (SSSR count). The summed E-state index contributed by atoms with van der Waals surface area (Å²) in [5.41, 5.74) is 0.286. The second-order valence-corrected chi connectivity index (χ2v) is 8.72. The Balaban J connectivity index is 2.04. The summed E-state index contributed by atoms with van der Waals surface area (Å²) in [7, 11) is -1.27. The summed E-state index contributed by atoms with van der Waals surface area (Å²) < 4.78 is 30.2. The Bertz CT molecular complexity index is 428. The first kappa shape index (κ1) is 16.2. The summed E-state index contributed by atoms with van der Waals surface area (Å²) in [6.07, 6.45) is 4.40.